The highest BCUT2D eigenvalue weighted by molar-refractivity contribution is 7.80. The van der Waals surface area contributed by atoms with Crippen molar-refractivity contribution in [3.05, 3.63) is 29.8 Å². The lowest BCUT2D eigenvalue weighted by molar-refractivity contribution is 0.226. The van der Waals surface area contributed by atoms with Crippen molar-refractivity contribution in [3.8, 4) is 5.75 Å². The monoisotopic (exact) mass is 207 g/mol. The van der Waals surface area contributed by atoms with Crippen molar-refractivity contribution in [2.45, 2.75) is 12.8 Å². The minimum absolute atomic E-state index is 0.447. The van der Waals surface area contributed by atoms with E-state index in [4.69, 9.17) is 22.7 Å². The lowest BCUT2D eigenvalue weighted by Gasteiger charge is -2.24. The molecule has 0 bridgehead atoms. The summed E-state index contributed by atoms with van der Waals surface area (Å²) in [6.07, 6.45) is 1.80. The first kappa shape index (κ1) is 9.46. The molecular formula is C11H13NOS. The van der Waals surface area contributed by atoms with E-state index in [0.29, 0.717) is 10.9 Å². The largest absolute Gasteiger partial charge is 0.493 e. The molecule has 74 valence electrons. The zero-order valence-electron chi connectivity index (χ0n) is 7.90. The van der Waals surface area contributed by atoms with Crippen LogP contribution < -0.4 is 10.5 Å². The van der Waals surface area contributed by atoms with E-state index in [1.807, 2.05) is 18.2 Å². The van der Waals surface area contributed by atoms with E-state index in [-0.39, 0.29) is 0 Å². The molecule has 0 saturated carbocycles. The summed E-state index contributed by atoms with van der Waals surface area (Å²) >= 11 is 4.90. The van der Waals surface area contributed by atoms with Gasteiger partial charge in [-0.05, 0) is 18.1 Å². The van der Waals surface area contributed by atoms with Crippen molar-refractivity contribution >= 4 is 17.2 Å². The maximum atomic E-state index is 5.62. The smallest absolute Gasteiger partial charge is 0.122 e. The third kappa shape index (κ3) is 2.04. The molecule has 0 aliphatic carbocycles. The zero-order chi connectivity index (χ0) is 9.97. The molecule has 14 heavy (non-hydrogen) atoms. The molecule has 0 fully saturated rings. The number of rotatable bonds is 2. The minimum atomic E-state index is 0.447. The predicted molar refractivity (Wildman–Crippen MR) is 60.5 cm³/mol. The molecular weight excluding hydrogens is 194 g/mol. The van der Waals surface area contributed by atoms with Gasteiger partial charge in [0.1, 0.15) is 5.75 Å². The van der Waals surface area contributed by atoms with Gasteiger partial charge in [0, 0.05) is 12.3 Å². The highest BCUT2D eigenvalue weighted by Gasteiger charge is 2.19. The van der Waals surface area contributed by atoms with Gasteiger partial charge in [-0.1, -0.05) is 30.4 Å². The van der Waals surface area contributed by atoms with Gasteiger partial charge in [0.05, 0.1) is 11.6 Å². The molecule has 2 nitrogen and oxygen atoms in total. The van der Waals surface area contributed by atoms with Crippen LogP contribution in [0.1, 0.15) is 12.0 Å². The molecule has 2 N–H and O–H groups in total. The average molecular weight is 207 g/mol. The number of thiocarbonyl (C=S) groups is 1. The van der Waals surface area contributed by atoms with Gasteiger partial charge in [-0.25, -0.2) is 0 Å². The number of para-hydroxylation sites is 1. The first-order chi connectivity index (χ1) is 6.75. The Bertz CT molecular complexity index is 351. The highest BCUT2D eigenvalue weighted by Crippen LogP contribution is 2.27. The summed E-state index contributed by atoms with van der Waals surface area (Å²) in [4.78, 5) is 0.581. The van der Waals surface area contributed by atoms with Crippen molar-refractivity contribution in [1.29, 1.82) is 0 Å². The Morgan fingerprint density at radius 3 is 3.07 bits per heavy atom. The van der Waals surface area contributed by atoms with Crippen molar-refractivity contribution in [1.82, 2.24) is 0 Å². The first-order valence-corrected chi connectivity index (χ1v) is 5.15. The van der Waals surface area contributed by atoms with E-state index in [1.54, 1.807) is 0 Å². The average Bonchev–Trinajstić information content (AvgIpc) is 2.17. The Morgan fingerprint density at radius 1 is 1.50 bits per heavy atom. The normalized spacial score (nSPS) is 19.6. The second kappa shape index (κ2) is 3.96. The van der Waals surface area contributed by atoms with Gasteiger partial charge in [-0.3, -0.25) is 0 Å². The molecule has 1 aliphatic rings. The van der Waals surface area contributed by atoms with Gasteiger partial charge in [-0.2, -0.15) is 0 Å². The predicted octanol–water partition coefficient (Wildman–Crippen LogP) is 1.91. The Morgan fingerprint density at radius 2 is 2.29 bits per heavy atom. The Kier molecular flexibility index (Phi) is 2.68. The van der Waals surface area contributed by atoms with E-state index in [0.717, 1.165) is 25.2 Å². The molecule has 0 radical (unpaired) electrons. The van der Waals surface area contributed by atoms with Crippen LogP contribution in [0.5, 0.6) is 5.75 Å². The number of hydrogen-bond acceptors (Lipinski definition) is 2. The number of ether oxygens (including phenoxy) is 1. The van der Waals surface area contributed by atoms with Gasteiger partial charge in [0.15, 0.2) is 0 Å². The van der Waals surface area contributed by atoms with Gasteiger partial charge >= 0.3 is 0 Å². The molecule has 2 rings (SSSR count). The van der Waals surface area contributed by atoms with Crippen molar-refractivity contribution in [2.75, 3.05) is 6.61 Å². The molecule has 0 amide bonds. The highest BCUT2D eigenvalue weighted by atomic mass is 32.1. The second-order valence-electron chi connectivity index (χ2n) is 3.66. The van der Waals surface area contributed by atoms with E-state index in [9.17, 15) is 0 Å². The molecule has 1 aromatic rings. The van der Waals surface area contributed by atoms with Crippen LogP contribution in [0.25, 0.3) is 0 Å². The molecule has 3 heteroatoms. The molecule has 1 heterocycles. The summed E-state index contributed by atoms with van der Waals surface area (Å²) in [6.45, 7) is 0.731. The molecule has 1 atom stereocenters. The summed E-state index contributed by atoms with van der Waals surface area (Å²) in [5.41, 5.74) is 6.78. The van der Waals surface area contributed by atoms with Gasteiger partial charge in [-0.15, -0.1) is 0 Å². The fourth-order valence-corrected chi connectivity index (χ4v) is 2.04. The van der Waals surface area contributed by atoms with E-state index < -0.39 is 0 Å². The maximum Gasteiger partial charge on any atom is 0.122 e. The second-order valence-corrected chi connectivity index (χ2v) is 4.18. The van der Waals surface area contributed by atoms with Crippen LogP contribution in [-0.2, 0) is 6.42 Å². The van der Waals surface area contributed by atoms with Crippen LogP contribution in [-0.4, -0.2) is 11.6 Å². The molecule has 0 spiro atoms. The third-order valence-electron chi connectivity index (χ3n) is 2.45. The fraction of sp³-hybridized carbons (Fsp3) is 0.364. The summed E-state index contributed by atoms with van der Waals surface area (Å²) < 4.78 is 5.62. The molecule has 0 aromatic heterocycles. The minimum Gasteiger partial charge on any atom is -0.493 e. The zero-order valence-corrected chi connectivity index (χ0v) is 8.72. The molecule has 1 aromatic carbocycles. The molecule has 0 saturated heterocycles. The van der Waals surface area contributed by atoms with E-state index >= 15 is 0 Å². The Hall–Kier alpha value is -1.09. The van der Waals surface area contributed by atoms with E-state index in [2.05, 4.69) is 6.07 Å². The van der Waals surface area contributed by atoms with E-state index in [1.165, 1.54) is 5.56 Å². The first-order valence-electron chi connectivity index (χ1n) is 4.74. The van der Waals surface area contributed by atoms with Crippen molar-refractivity contribution in [3.63, 3.8) is 0 Å². The number of fused-ring (bicyclic) bond motifs is 1. The van der Waals surface area contributed by atoms with Crippen LogP contribution >= 0.6 is 12.2 Å². The standard InChI is InChI=1S/C11H13NOS/c12-11(14)6-8-5-9-3-1-2-4-10(9)13-7-8/h1-4,8H,5-7H2,(H2,12,14). The van der Waals surface area contributed by atoms with Gasteiger partial charge in [0.2, 0.25) is 0 Å². The third-order valence-corrected chi connectivity index (χ3v) is 2.61. The van der Waals surface area contributed by atoms with Gasteiger partial charge < -0.3 is 10.5 Å². The Labute approximate surface area is 89.1 Å². The summed E-state index contributed by atoms with van der Waals surface area (Å²) in [7, 11) is 0. The van der Waals surface area contributed by atoms with Crippen LogP contribution in [0.3, 0.4) is 0 Å². The number of hydrogen-bond donors (Lipinski definition) is 1. The lowest BCUT2D eigenvalue weighted by Crippen LogP contribution is -2.25. The SMILES string of the molecule is NC(=S)CC1COc2ccccc2C1. The number of nitrogens with two attached hydrogens (primary N) is 1. The Balaban J connectivity index is 2.09. The fourth-order valence-electron chi connectivity index (χ4n) is 1.81. The molecule has 1 unspecified atom stereocenters. The summed E-state index contributed by atoms with van der Waals surface area (Å²) in [5.74, 6) is 1.45. The van der Waals surface area contributed by atoms with Crippen molar-refractivity contribution in [2.24, 2.45) is 11.7 Å². The van der Waals surface area contributed by atoms with Gasteiger partial charge in [0.25, 0.3) is 0 Å². The number of benzene rings is 1. The summed E-state index contributed by atoms with van der Waals surface area (Å²) in [5, 5.41) is 0. The van der Waals surface area contributed by atoms with Crippen LogP contribution in [0.15, 0.2) is 24.3 Å². The van der Waals surface area contributed by atoms with Crippen molar-refractivity contribution < 1.29 is 4.74 Å². The maximum absolute atomic E-state index is 5.62. The quantitative estimate of drug-likeness (QED) is 0.752. The van der Waals surface area contributed by atoms with Crippen LogP contribution in [0.4, 0.5) is 0 Å². The van der Waals surface area contributed by atoms with Crippen LogP contribution in [0, 0.1) is 5.92 Å². The lowest BCUT2D eigenvalue weighted by atomic mass is 9.94. The summed E-state index contributed by atoms with van der Waals surface area (Å²) in [6, 6.07) is 8.13. The topological polar surface area (TPSA) is 35.2 Å². The molecule has 1 aliphatic heterocycles. The van der Waals surface area contributed by atoms with Crippen LogP contribution in [0.2, 0.25) is 0 Å².